The Morgan fingerprint density at radius 1 is 1.12 bits per heavy atom. The Morgan fingerprint density at radius 2 is 1.96 bits per heavy atom. The molecule has 2 heterocycles. The van der Waals surface area contributed by atoms with Crippen molar-refractivity contribution in [3.8, 4) is 11.5 Å². The van der Waals surface area contributed by atoms with E-state index >= 15 is 0 Å². The number of hydrogen-bond donors (Lipinski definition) is 2. The van der Waals surface area contributed by atoms with Crippen molar-refractivity contribution in [2.24, 2.45) is 4.99 Å². The molecule has 7 heteroatoms. The van der Waals surface area contributed by atoms with Gasteiger partial charge in [0.05, 0.1) is 12.2 Å². The van der Waals surface area contributed by atoms with E-state index in [9.17, 15) is 0 Å². The molecule has 2 aromatic rings. The van der Waals surface area contributed by atoms with Crippen LogP contribution in [-0.4, -0.2) is 24.5 Å². The molecule has 0 fully saturated rings. The van der Waals surface area contributed by atoms with Gasteiger partial charge in [0.1, 0.15) is 5.76 Å². The maximum atomic E-state index is 5.42. The number of rotatable bonds is 7. The molecule has 1 aromatic heterocycles. The highest BCUT2D eigenvalue weighted by molar-refractivity contribution is 5.79. The van der Waals surface area contributed by atoms with E-state index in [0.717, 1.165) is 59.4 Å². The molecule has 0 saturated heterocycles. The van der Waals surface area contributed by atoms with E-state index in [-0.39, 0.29) is 6.79 Å². The highest BCUT2D eigenvalue weighted by Crippen LogP contribution is 2.32. The largest absolute Gasteiger partial charge is 0.454 e. The van der Waals surface area contributed by atoms with Gasteiger partial charge in [-0.1, -0.05) is 25.1 Å². The second-order valence-corrected chi connectivity index (χ2v) is 5.97. The Labute approximate surface area is 153 Å². The molecule has 3 rings (SSSR count). The second kappa shape index (κ2) is 8.60. The van der Waals surface area contributed by atoms with Crippen molar-refractivity contribution in [2.75, 3.05) is 13.3 Å². The van der Waals surface area contributed by atoms with Crippen LogP contribution in [0.2, 0.25) is 0 Å². The van der Waals surface area contributed by atoms with E-state index < -0.39 is 0 Å². The van der Waals surface area contributed by atoms with Crippen molar-refractivity contribution in [1.29, 1.82) is 0 Å². The summed E-state index contributed by atoms with van der Waals surface area (Å²) in [5.41, 5.74) is 3.20. The average Bonchev–Trinajstić information content (AvgIpc) is 3.29. The topological polar surface area (TPSA) is 80.9 Å². The predicted octanol–water partition coefficient (Wildman–Crippen LogP) is 2.78. The van der Waals surface area contributed by atoms with Gasteiger partial charge in [0.15, 0.2) is 17.5 Å². The lowest BCUT2D eigenvalue weighted by Crippen LogP contribution is -2.37. The Morgan fingerprint density at radius 3 is 2.73 bits per heavy atom. The summed E-state index contributed by atoms with van der Waals surface area (Å²) in [5, 5.41) is 10.8. The monoisotopic (exact) mass is 358 g/mol. The molecule has 1 aliphatic rings. The molecule has 2 N–H and O–H groups in total. The summed E-state index contributed by atoms with van der Waals surface area (Å²) >= 11 is 0. The fraction of sp³-hybridized carbons (Fsp3) is 0.474. The Balaban J connectivity index is 1.67. The molecule has 0 aliphatic carbocycles. The lowest BCUT2D eigenvalue weighted by Gasteiger charge is -2.12. The minimum Gasteiger partial charge on any atom is -0.454 e. The van der Waals surface area contributed by atoms with Crippen LogP contribution in [-0.2, 0) is 25.9 Å². The molecule has 7 nitrogen and oxygen atoms in total. The van der Waals surface area contributed by atoms with Crippen LogP contribution in [0.5, 0.6) is 11.5 Å². The number of aromatic nitrogens is 1. The van der Waals surface area contributed by atoms with E-state index in [0.29, 0.717) is 13.1 Å². The summed E-state index contributed by atoms with van der Waals surface area (Å²) in [7, 11) is 0. The van der Waals surface area contributed by atoms with E-state index in [1.54, 1.807) is 0 Å². The molecular formula is C19H26N4O3. The third kappa shape index (κ3) is 4.09. The quantitative estimate of drug-likeness (QED) is 0.585. The van der Waals surface area contributed by atoms with Crippen molar-refractivity contribution >= 4 is 5.96 Å². The van der Waals surface area contributed by atoms with Gasteiger partial charge in [-0.05, 0) is 31.0 Å². The van der Waals surface area contributed by atoms with Crippen LogP contribution in [0.1, 0.15) is 43.4 Å². The minimum absolute atomic E-state index is 0.282. The van der Waals surface area contributed by atoms with Gasteiger partial charge in [0, 0.05) is 25.1 Å². The number of nitrogens with zero attached hydrogens (tertiary/aromatic N) is 2. The third-order valence-corrected chi connectivity index (χ3v) is 4.24. The Kier molecular flexibility index (Phi) is 5.99. The molecule has 140 valence electrons. The molecule has 1 aliphatic heterocycles. The molecule has 0 unspecified atom stereocenters. The van der Waals surface area contributed by atoms with Crippen LogP contribution in [0.3, 0.4) is 0 Å². The predicted molar refractivity (Wildman–Crippen MR) is 99.5 cm³/mol. The first-order valence-electron chi connectivity index (χ1n) is 9.12. The average molecular weight is 358 g/mol. The zero-order valence-electron chi connectivity index (χ0n) is 15.6. The van der Waals surface area contributed by atoms with Crippen molar-refractivity contribution in [2.45, 2.75) is 46.7 Å². The molecule has 26 heavy (non-hydrogen) atoms. The number of hydrogen-bond acceptors (Lipinski definition) is 5. The number of nitrogens with one attached hydrogen (secondary N) is 2. The molecule has 0 amide bonds. The molecule has 0 radical (unpaired) electrons. The highest BCUT2D eigenvalue weighted by Gasteiger charge is 2.14. The minimum atomic E-state index is 0.282. The van der Waals surface area contributed by atoms with Gasteiger partial charge >= 0.3 is 0 Å². The first kappa shape index (κ1) is 18.1. The molecule has 0 saturated carbocycles. The standard InChI is InChI=1S/C19H26N4O3/c1-4-15-14(16(5-2)26-23-15)11-22-19(20-6-3)21-10-13-7-8-17-18(9-13)25-12-24-17/h7-9H,4-6,10-12H2,1-3H3,(H2,20,21,22). The van der Waals surface area contributed by atoms with Gasteiger partial charge in [-0.3, -0.25) is 0 Å². The van der Waals surface area contributed by atoms with Crippen molar-refractivity contribution in [3.63, 3.8) is 0 Å². The van der Waals surface area contributed by atoms with Gasteiger partial charge in [-0.15, -0.1) is 0 Å². The first-order valence-corrected chi connectivity index (χ1v) is 9.12. The van der Waals surface area contributed by atoms with E-state index in [1.165, 1.54) is 0 Å². The number of guanidine groups is 1. The van der Waals surface area contributed by atoms with Gasteiger partial charge in [0.2, 0.25) is 6.79 Å². The summed E-state index contributed by atoms with van der Waals surface area (Å²) in [5.74, 6) is 3.26. The van der Waals surface area contributed by atoms with Crippen molar-refractivity contribution < 1.29 is 14.0 Å². The van der Waals surface area contributed by atoms with Crippen LogP contribution >= 0.6 is 0 Å². The number of aryl methyl sites for hydroxylation is 2. The summed E-state index contributed by atoms with van der Waals surface area (Å²) in [6, 6.07) is 5.90. The Bertz CT molecular complexity index is 749. The number of fused-ring (bicyclic) bond motifs is 1. The maximum absolute atomic E-state index is 5.42. The number of benzene rings is 1. The third-order valence-electron chi connectivity index (χ3n) is 4.24. The summed E-state index contributed by atoms with van der Waals surface area (Å²) in [4.78, 5) is 4.67. The van der Waals surface area contributed by atoms with Gasteiger partial charge in [-0.2, -0.15) is 0 Å². The first-order chi connectivity index (χ1) is 12.7. The second-order valence-electron chi connectivity index (χ2n) is 5.97. The van der Waals surface area contributed by atoms with Gasteiger partial charge in [-0.25, -0.2) is 4.99 Å². The summed E-state index contributed by atoms with van der Waals surface area (Å²) < 4.78 is 16.2. The smallest absolute Gasteiger partial charge is 0.231 e. The zero-order valence-corrected chi connectivity index (χ0v) is 15.6. The van der Waals surface area contributed by atoms with Crippen LogP contribution in [0, 0.1) is 0 Å². The van der Waals surface area contributed by atoms with Gasteiger partial charge in [0.25, 0.3) is 0 Å². The summed E-state index contributed by atoms with van der Waals surface area (Å²) in [6.45, 7) is 8.47. The SMILES string of the molecule is CCNC(=NCc1ccc2c(c1)OCO2)NCc1c(CC)noc1CC. The van der Waals surface area contributed by atoms with Crippen LogP contribution in [0.15, 0.2) is 27.7 Å². The summed E-state index contributed by atoms with van der Waals surface area (Å²) in [6.07, 6.45) is 1.68. The lowest BCUT2D eigenvalue weighted by molar-refractivity contribution is 0.174. The number of aliphatic imine (C=N–C) groups is 1. The van der Waals surface area contributed by atoms with Gasteiger partial charge < -0.3 is 24.6 Å². The molecule has 0 bridgehead atoms. The molecule has 0 atom stereocenters. The van der Waals surface area contributed by atoms with E-state index in [2.05, 4.69) is 34.6 Å². The number of ether oxygens (including phenoxy) is 2. The van der Waals surface area contributed by atoms with E-state index in [1.807, 2.05) is 25.1 Å². The van der Waals surface area contributed by atoms with Crippen LogP contribution in [0.4, 0.5) is 0 Å². The van der Waals surface area contributed by atoms with E-state index in [4.69, 9.17) is 14.0 Å². The van der Waals surface area contributed by atoms with Crippen LogP contribution < -0.4 is 20.1 Å². The normalized spacial score (nSPS) is 13.1. The highest BCUT2D eigenvalue weighted by atomic mass is 16.7. The Hall–Kier alpha value is -2.70. The zero-order chi connectivity index (χ0) is 18.4. The lowest BCUT2D eigenvalue weighted by atomic mass is 10.1. The molecular weight excluding hydrogens is 332 g/mol. The fourth-order valence-corrected chi connectivity index (χ4v) is 2.86. The fourth-order valence-electron chi connectivity index (χ4n) is 2.86. The molecule has 0 spiro atoms. The maximum Gasteiger partial charge on any atom is 0.231 e. The molecule has 1 aromatic carbocycles. The van der Waals surface area contributed by atoms with Crippen LogP contribution in [0.25, 0.3) is 0 Å². The van der Waals surface area contributed by atoms with Crippen molar-refractivity contribution in [1.82, 2.24) is 15.8 Å². The van der Waals surface area contributed by atoms with Crippen molar-refractivity contribution in [3.05, 3.63) is 40.8 Å².